The number of nitrogens with zero attached hydrogens (tertiary/aromatic N) is 1. The number of benzene rings is 3. The smallest absolute Gasteiger partial charge is 0.294 e. The van der Waals surface area contributed by atoms with Crippen LogP contribution < -0.4 is 4.90 Å². The van der Waals surface area contributed by atoms with Crippen LogP contribution in [0.5, 0.6) is 0 Å². The Labute approximate surface area is 183 Å². The van der Waals surface area contributed by atoms with Crippen LogP contribution in [0.2, 0.25) is 0 Å². The number of allylic oxidation sites excluding steroid dienone is 2. The fourth-order valence-electron chi connectivity index (χ4n) is 4.82. The van der Waals surface area contributed by atoms with E-state index < -0.39 is 17.7 Å². The summed E-state index contributed by atoms with van der Waals surface area (Å²) in [5, 5.41) is 2.08. The molecule has 1 unspecified atom stereocenters. The number of carbonyl (C=O) groups is 2. The van der Waals surface area contributed by atoms with E-state index in [0.717, 1.165) is 28.5 Å². The van der Waals surface area contributed by atoms with Crippen molar-refractivity contribution in [2.24, 2.45) is 0 Å². The van der Waals surface area contributed by atoms with E-state index in [1.54, 1.807) is 0 Å². The summed E-state index contributed by atoms with van der Waals surface area (Å²) in [7, 11) is 0. The lowest BCUT2D eigenvalue weighted by Crippen LogP contribution is -2.40. The van der Waals surface area contributed by atoms with Crippen LogP contribution in [0.4, 0.5) is 18.9 Å². The first-order valence-corrected chi connectivity index (χ1v) is 10.6. The molecule has 0 radical (unpaired) electrons. The van der Waals surface area contributed by atoms with Crippen molar-refractivity contribution in [3.63, 3.8) is 0 Å². The number of halogens is 3. The van der Waals surface area contributed by atoms with E-state index in [1.807, 2.05) is 42.5 Å². The molecule has 1 aliphatic carbocycles. The number of amides is 1. The van der Waals surface area contributed by atoms with Crippen molar-refractivity contribution < 1.29 is 22.8 Å². The molecule has 3 aromatic rings. The van der Waals surface area contributed by atoms with E-state index in [-0.39, 0.29) is 23.8 Å². The van der Waals surface area contributed by atoms with Gasteiger partial charge in [0.05, 0.1) is 5.56 Å². The first-order valence-electron chi connectivity index (χ1n) is 10.6. The highest BCUT2D eigenvalue weighted by Crippen LogP contribution is 2.44. The molecule has 0 N–H and O–H groups in total. The van der Waals surface area contributed by atoms with Crippen LogP contribution in [0, 0.1) is 0 Å². The highest BCUT2D eigenvalue weighted by molar-refractivity contribution is 6.07. The van der Waals surface area contributed by atoms with E-state index in [0.29, 0.717) is 30.5 Å². The van der Waals surface area contributed by atoms with Crippen LogP contribution in [0.1, 0.15) is 42.7 Å². The number of Topliss-reactive ketones (excluding diaryl/α,β-unsaturated/α-hetero) is 1. The maximum absolute atomic E-state index is 13.3. The molecule has 0 bridgehead atoms. The Kier molecular flexibility index (Phi) is 4.88. The van der Waals surface area contributed by atoms with Crippen LogP contribution in [0.15, 0.2) is 78.0 Å². The van der Waals surface area contributed by atoms with Gasteiger partial charge in [-0.25, -0.2) is 0 Å². The Morgan fingerprint density at radius 3 is 2.41 bits per heavy atom. The second-order valence-corrected chi connectivity index (χ2v) is 8.28. The lowest BCUT2D eigenvalue weighted by Gasteiger charge is -2.38. The standard InChI is InChI=1S/C26H20F3NO2/c27-26(28,29)19-7-3-8-20(14-19)30-22-9-4-10-23(31)25(22)21(15-24(30)32)18-12-11-16-5-1-2-6-17(16)13-18/h1-3,5-8,11-14,21H,4,9-10,15H2. The monoisotopic (exact) mass is 435 g/mol. The van der Waals surface area contributed by atoms with Crippen LogP contribution in [0.3, 0.4) is 0 Å². The van der Waals surface area contributed by atoms with Crippen molar-refractivity contribution in [2.45, 2.75) is 37.8 Å². The molecule has 32 heavy (non-hydrogen) atoms. The van der Waals surface area contributed by atoms with E-state index in [2.05, 4.69) is 0 Å². The molecular weight excluding hydrogens is 415 g/mol. The van der Waals surface area contributed by atoms with Gasteiger partial charge in [-0.15, -0.1) is 0 Å². The minimum absolute atomic E-state index is 0.0334. The Hall–Kier alpha value is -3.41. The summed E-state index contributed by atoms with van der Waals surface area (Å²) in [4.78, 5) is 27.6. The molecule has 1 aliphatic heterocycles. The SMILES string of the molecule is O=C1CCCC2=C1C(c1ccc3ccccc3c1)CC(=O)N2c1cccc(C(F)(F)F)c1. The molecule has 0 saturated carbocycles. The van der Waals surface area contributed by atoms with Gasteiger partial charge in [0, 0.05) is 35.7 Å². The van der Waals surface area contributed by atoms with Gasteiger partial charge in [0.15, 0.2) is 5.78 Å². The van der Waals surface area contributed by atoms with Crippen molar-refractivity contribution >= 4 is 28.2 Å². The number of anilines is 1. The third-order valence-corrected chi connectivity index (χ3v) is 6.28. The quantitative estimate of drug-likeness (QED) is 0.468. The predicted octanol–water partition coefficient (Wildman–Crippen LogP) is 6.39. The number of hydrogen-bond donors (Lipinski definition) is 0. The molecule has 0 spiro atoms. The van der Waals surface area contributed by atoms with E-state index >= 15 is 0 Å². The van der Waals surface area contributed by atoms with Crippen molar-refractivity contribution in [3.8, 4) is 0 Å². The van der Waals surface area contributed by atoms with Crippen LogP contribution >= 0.6 is 0 Å². The molecule has 1 heterocycles. The zero-order chi connectivity index (χ0) is 22.5. The number of ketones is 1. The van der Waals surface area contributed by atoms with Crippen LogP contribution in [-0.2, 0) is 15.8 Å². The Bertz CT molecular complexity index is 1280. The fourth-order valence-corrected chi connectivity index (χ4v) is 4.82. The second-order valence-electron chi connectivity index (χ2n) is 8.28. The molecule has 2 aliphatic rings. The maximum Gasteiger partial charge on any atom is 0.416 e. The third-order valence-electron chi connectivity index (χ3n) is 6.28. The summed E-state index contributed by atoms with van der Waals surface area (Å²) in [5.74, 6) is -0.721. The summed E-state index contributed by atoms with van der Waals surface area (Å²) in [6.45, 7) is 0. The molecule has 5 rings (SSSR count). The first-order chi connectivity index (χ1) is 15.3. The van der Waals surface area contributed by atoms with Gasteiger partial charge in [0.25, 0.3) is 0 Å². The molecule has 3 nitrogen and oxygen atoms in total. The molecule has 162 valence electrons. The van der Waals surface area contributed by atoms with Crippen LogP contribution in [-0.4, -0.2) is 11.7 Å². The molecule has 0 fully saturated rings. The maximum atomic E-state index is 13.3. The van der Waals surface area contributed by atoms with E-state index in [4.69, 9.17) is 0 Å². The summed E-state index contributed by atoms with van der Waals surface area (Å²) in [5.41, 5.74) is 1.31. The molecule has 0 aromatic heterocycles. The topological polar surface area (TPSA) is 37.4 Å². The van der Waals surface area contributed by atoms with Gasteiger partial charge in [-0.05, 0) is 47.4 Å². The molecule has 0 saturated heterocycles. The number of hydrogen-bond acceptors (Lipinski definition) is 2. The minimum atomic E-state index is -4.51. The fraction of sp³-hybridized carbons (Fsp3) is 0.231. The number of alkyl halides is 3. The first kappa shape index (κ1) is 20.5. The molecule has 1 amide bonds. The molecule has 6 heteroatoms. The average molecular weight is 435 g/mol. The van der Waals surface area contributed by atoms with Gasteiger partial charge >= 0.3 is 6.18 Å². The summed E-state index contributed by atoms with van der Waals surface area (Å²) < 4.78 is 39.8. The Morgan fingerprint density at radius 1 is 0.844 bits per heavy atom. The van der Waals surface area contributed by atoms with Gasteiger partial charge in [0.2, 0.25) is 5.91 Å². The predicted molar refractivity (Wildman–Crippen MR) is 116 cm³/mol. The van der Waals surface area contributed by atoms with E-state index in [9.17, 15) is 22.8 Å². The van der Waals surface area contributed by atoms with E-state index in [1.165, 1.54) is 17.0 Å². The van der Waals surface area contributed by atoms with Gasteiger partial charge in [-0.2, -0.15) is 13.2 Å². The summed E-state index contributed by atoms with van der Waals surface area (Å²) >= 11 is 0. The molecular formula is C26H20F3NO2. The Balaban J connectivity index is 1.64. The Morgan fingerprint density at radius 2 is 1.62 bits per heavy atom. The summed E-state index contributed by atoms with van der Waals surface area (Å²) in [6.07, 6.45) is -3.03. The zero-order valence-electron chi connectivity index (χ0n) is 17.2. The normalized spacial score (nSPS) is 19.5. The van der Waals surface area contributed by atoms with Crippen molar-refractivity contribution in [2.75, 3.05) is 4.90 Å². The number of rotatable bonds is 2. The summed E-state index contributed by atoms with van der Waals surface area (Å²) in [6, 6.07) is 18.5. The van der Waals surface area contributed by atoms with Gasteiger partial charge < -0.3 is 0 Å². The lowest BCUT2D eigenvalue weighted by atomic mass is 9.76. The lowest BCUT2D eigenvalue weighted by molar-refractivity contribution is -0.137. The average Bonchev–Trinajstić information content (AvgIpc) is 2.78. The molecule has 3 aromatic carbocycles. The third kappa shape index (κ3) is 3.49. The van der Waals surface area contributed by atoms with Crippen molar-refractivity contribution in [3.05, 3.63) is 89.1 Å². The van der Waals surface area contributed by atoms with Crippen LogP contribution in [0.25, 0.3) is 10.8 Å². The van der Waals surface area contributed by atoms with Gasteiger partial charge in [-0.3, -0.25) is 14.5 Å². The highest BCUT2D eigenvalue weighted by atomic mass is 19.4. The van der Waals surface area contributed by atoms with Crippen molar-refractivity contribution in [1.29, 1.82) is 0 Å². The second kappa shape index (κ2) is 7.62. The number of fused-ring (bicyclic) bond motifs is 1. The highest BCUT2D eigenvalue weighted by Gasteiger charge is 2.40. The van der Waals surface area contributed by atoms with Gasteiger partial charge in [0.1, 0.15) is 0 Å². The largest absolute Gasteiger partial charge is 0.416 e. The zero-order valence-corrected chi connectivity index (χ0v) is 17.2. The van der Waals surface area contributed by atoms with Crippen molar-refractivity contribution in [1.82, 2.24) is 0 Å². The minimum Gasteiger partial charge on any atom is -0.294 e. The number of carbonyl (C=O) groups excluding carboxylic acids is 2. The van der Waals surface area contributed by atoms with Gasteiger partial charge in [-0.1, -0.05) is 48.5 Å². The molecule has 1 atom stereocenters.